The number of carbonyl (C=O) groups is 1. The Hall–Kier alpha value is -1.52. The third-order valence-electron chi connectivity index (χ3n) is 2.96. The molecule has 0 bridgehead atoms. The van der Waals surface area contributed by atoms with Crippen molar-refractivity contribution in [2.24, 2.45) is 5.92 Å². The highest BCUT2D eigenvalue weighted by atomic mass is 35.5. The van der Waals surface area contributed by atoms with Crippen LogP contribution in [0.2, 0.25) is 5.02 Å². The summed E-state index contributed by atoms with van der Waals surface area (Å²) in [4.78, 5) is 12.0. The van der Waals surface area contributed by atoms with Crippen molar-refractivity contribution in [3.05, 3.63) is 28.8 Å². The zero-order chi connectivity index (χ0) is 19.3. The molecular weight excluding hydrogens is 409 g/mol. The molecule has 0 aliphatic carbocycles. The summed E-state index contributed by atoms with van der Waals surface area (Å²) in [5, 5.41) is 13.8. The van der Waals surface area contributed by atoms with E-state index < -0.39 is 17.6 Å². The topological polar surface area (TPSA) is 66.9 Å². The van der Waals surface area contributed by atoms with Crippen molar-refractivity contribution in [1.29, 1.82) is 0 Å². The summed E-state index contributed by atoms with van der Waals surface area (Å²) in [6, 6.07) is 3.20. The summed E-state index contributed by atoms with van der Waals surface area (Å²) in [6.07, 6.45) is -4.61. The van der Waals surface area contributed by atoms with Crippen molar-refractivity contribution in [3.8, 4) is 0 Å². The van der Waals surface area contributed by atoms with Crippen LogP contribution >= 0.6 is 34.7 Å². The number of aromatic nitrogens is 2. The van der Waals surface area contributed by atoms with Crippen LogP contribution in [-0.4, -0.2) is 28.4 Å². The van der Waals surface area contributed by atoms with E-state index in [1.165, 1.54) is 17.4 Å². The number of nitrogens with one attached hydrogen (secondary N) is 2. The summed E-state index contributed by atoms with van der Waals surface area (Å²) in [7, 11) is 0. The lowest BCUT2D eigenvalue weighted by atomic mass is 10.1. The van der Waals surface area contributed by atoms with E-state index in [4.69, 9.17) is 11.6 Å². The maximum absolute atomic E-state index is 13.0. The molecule has 2 rings (SSSR count). The van der Waals surface area contributed by atoms with Crippen molar-refractivity contribution in [3.63, 3.8) is 0 Å². The standard InChI is InChI=1S/C15H16ClF3N4OS2/c1-8(2)6-20-13-22-23-14(26-13)25-7-12(24)21-11-4-3-9(16)5-10(11)15(17,18)19/h3-5,8H,6-7H2,1-2H3,(H,20,22)(H,21,24). The highest BCUT2D eigenvalue weighted by molar-refractivity contribution is 8.01. The van der Waals surface area contributed by atoms with Gasteiger partial charge in [-0.15, -0.1) is 10.2 Å². The van der Waals surface area contributed by atoms with Crippen LogP contribution in [0.25, 0.3) is 0 Å². The Bertz CT molecular complexity index is 768. The number of carbonyl (C=O) groups excluding carboxylic acids is 1. The molecular formula is C15H16ClF3N4OS2. The van der Waals surface area contributed by atoms with Crippen LogP contribution in [0.3, 0.4) is 0 Å². The van der Waals surface area contributed by atoms with Gasteiger partial charge in [-0.05, 0) is 24.1 Å². The zero-order valence-corrected chi connectivity index (χ0v) is 16.2. The van der Waals surface area contributed by atoms with Crippen molar-refractivity contribution >= 4 is 51.4 Å². The Labute approximate surface area is 161 Å². The number of rotatable bonds is 7. The van der Waals surface area contributed by atoms with E-state index in [0.717, 1.165) is 30.4 Å². The first-order valence-corrected chi connectivity index (χ1v) is 9.70. The summed E-state index contributed by atoms with van der Waals surface area (Å²) in [5.41, 5.74) is -1.32. The van der Waals surface area contributed by atoms with E-state index in [9.17, 15) is 18.0 Å². The van der Waals surface area contributed by atoms with Gasteiger partial charge in [0.15, 0.2) is 4.34 Å². The van der Waals surface area contributed by atoms with E-state index in [1.54, 1.807) is 0 Å². The maximum Gasteiger partial charge on any atom is 0.418 e. The van der Waals surface area contributed by atoms with Gasteiger partial charge in [0.1, 0.15) is 0 Å². The fourth-order valence-electron chi connectivity index (χ4n) is 1.80. The molecule has 0 saturated carbocycles. The van der Waals surface area contributed by atoms with Gasteiger partial charge < -0.3 is 10.6 Å². The molecule has 1 aromatic heterocycles. The minimum atomic E-state index is -4.61. The van der Waals surface area contributed by atoms with Crippen molar-refractivity contribution in [2.75, 3.05) is 22.9 Å². The molecule has 1 aromatic carbocycles. The molecule has 1 amide bonds. The molecule has 0 spiro atoms. The largest absolute Gasteiger partial charge is 0.418 e. The van der Waals surface area contributed by atoms with E-state index in [1.807, 2.05) is 0 Å². The fraction of sp³-hybridized carbons (Fsp3) is 0.400. The molecule has 2 N–H and O–H groups in total. The van der Waals surface area contributed by atoms with Crippen LogP contribution in [0.15, 0.2) is 22.5 Å². The number of anilines is 2. The second kappa shape index (κ2) is 8.92. The van der Waals surface area contributed by atoms with Gasteiger partial charge in [0.05, 0.1) is 17.0 Å². The number of hydrogen-bond acceptors (Lipinski definition) is 6. The first kappa shape index (κ1) is 20.8. The quantitative estimate of drug-likeness (QED) is 0.611. The van der Waals surface area contributed by atoms with E-state index in [0.29, 0.717) is 15.4 Å². The number of hydrogen-bond donors (Lipinski definition) is 2. The van der Waals surface area contributed by atoms with Crippen molar-refractivity contribution < 1.29 is 18.0 Å². The number of halogens is 4. The summed E-state index contributed by atoms with van der Waals surface area (Å²) in [6.45, 7) is 4.86. The molecule has 0 unspecified atom stereocenters. The van der Waals surface area contributed by atoms with Gasteiger partial charge in [0.2, 0.25) is 11.0 Å². The Morgan fingerprint density at radius 3 is 2.73 bits per heavy atom. The molecule has 0 aliphatic rings. The molecule has 0 fully saturated rings. The fourth-order valence-corrected chi connectivity index (χ4v) is 3.54. The molecule has 0 atom stereocenters. The molecule has 142 valence electrons. The molecule has 0 radical (unpaired) electrons. The molecule has 5 nitrogen and oxygen atoms in total. The van der Waals surface area contributed by atoms with Crippen molar-refractivity contribution in [1.82, 2.24) is 10.2 Å². The zero-order valence-electron chi connectivity index (χ0n) is 13.9. The van der Waals surface area contributed by atoms with Crippen LogP contribution in [0, 0.1) is 5.92 Å². The van der Waals surface area contributed by atoms with Gasteiger partial charge in [-0.1, -0.05) is 48.5 Å². The first-order chi connectivity index (χ1) is 12.1. The van der Waals surface area contributed by atoms with Crippen LogP contribution in [0.5, 0.6) is 0 Å². The number of alkyl halides is 3. The Morgan fingerprint density at radius 2 is 2.08 bits per heavy atom. The normalized spacial score (nSPS) is 11.7. The third-order valence-corrected chi connectivity index (χ3v) is 5.21. The van der Waals surface area contributed by atoms with Crippen LogP contribution in [0.4, 0.5) is 24.0 Å². The molecule has 26 heavy (non-hydrogen) atoms. The minimum Gasteiger partial charge on any atom is -0.360 e. The molecule has 0 saturated heterocycles. The highest BCUT2D eigenvalue weighted by Crippen LogP contribution is 2.36. The van der Waals surface area contributed by atoms with Crippen LogP contribution in [0.1, 0.15) is 19.4 Å². The predicted molar refractivity (Wildman–Crippen MR) is 99.0 cm³/mol. The van der Waals surface area contributed by atoms with Gasteiger partial charge in [-0.3, -0.25) is 4.79 Å². The average Bonchev–Trinajstić information content (AvgIpc) is 3.00. The predicted octanol–water partition coefficient (Wildman–Crippen LogP) is 5.01. The van der Waals surface area contributed by atoms with Gasteiger partial charge in [-0.25, -0.2) is 0 Å². The lowest BCUT2D eigenvalue weighted by molar-refractivity contribution is -0.137. The molecule has 11 heteroatoms. The SMILES string of the molecule is CC(C)CNc1nnc(SCC(=O)Nc2ccc(Cl)cc2C(F)(F)F)s1. The smallest absolute Gasteiger partial charge is 0.360 e. The van der Waals surface area contributed by atoms with E-state index in [2.05, 4.69) is 34.7 Å². The van der Waals surface area contributed by atoms with Gasteiger partial charge in [0, 0.05) is 11.6 Å². The first-order valence-electron chi connectivity index (χ1n) is 7.52. The van der Waals surface area contributed by atoms with Gasteiger partial charge in [-0.2, -0.15) is 13.2 Å². The van der Waals surface area contributed by atoms with E-state index >= 15 is 0 Å². The Morgan fingerprint density at radius 1 is 1.35 bits per heavy atom. The maximum atomic E-state index is 13.0. The molecule has 1 heterocycles. The summed E-state index contributed by atoms with van der Waals surface area (Å²) in [5.74, 6) is -0.212. The van der Waals surface area contributed by atoms with Gasteiger partial charge in [0.25, 0.3) is 0 Å². The Balaban J connectivity index is 1.94. The number of nitrogens with zero attached hydrogens (tertiary/aromatic N) is 2. The van der Waals surface area contributed by atoms with Crippen LogP contribution < -0.4 is 10.6 Å². The number of amides is 1. The number of thioether (sulfide) groups is 1. The summed E-state index contributed by atoms with van der Waals surface area (Å²) >= 11 is 8.00. The minimum absolute atomic E-state index is 0.0556. The van der Waals surface area contributed by atoms with Crippen LogP contribution in [-0.2, 0) is 11.0 Å². The average molecular weight is 425 g/mol. The van der Waals surface area contributed by atoms with Gasteiger partial charge >= 0.3 is 6.18 Å². The highest BCUT2D eigenvalue weighted by Gasteiger charge is 2.34. The monoisotopic (exact) mass is 424 g/mol. The Kier molecular flexibility index (Phi) is 7.13. The lowest BCUT2D eigenvalue weighted by Gasteiger charge is -2.13. The van der Waals surface area contributed by atoms with Crippen molar-refractivity contribution in [2.45, 2.75) is 24.4 Å². The number of benzene rings is 1. The molecule has 0 aliphatic heterocycles. The second-order valence-corrected chi connectivity index (χ2v) is 8.31. The van der Waals surface area contributed by atoms with E-state index in [-0.39, 0.29) is 16.5 Å². The third kappa shape index (κ3) is 6.33. The second-order valence-electron chi connectivity index (χ2n) is 5.67. The summed E-state index contributed by atoms with van der Waals surface area (Å²) < 4.78 is 39.6. The molecule has 2 aromatic rings. The lowest BCUT2D eigenvalue weighted by Crippen LogP contribution is -2.18.